The van der Waals surface area contributed by atoms with Crippen LogP contribution in [0, 0.1) is 0 Å². The first-order valence-electron chi connectivity index (χ1n) is 9.83. The molecule has 0 spiro atoms. The number of nitrogens with one attached hydrogen (secondary N) is 2. The third-order valence-electron chi connectivity index (χ3n) is 5.11. The highest BCUT2D eigenvalue weighted by Crippen LogP contribution is 2.29. The van der Waals surface area contributed by atoms with Crippen molar-refractivity contribution in [3.05, 3.63) is 0 Å². The van der Waals surface area contributed by atoms with Gasteiger partial charge in [0.05, 0.1) is 25.9 Å². The second-order valence-electron chi connectivity index (χ2n) is 7.16. The summed E-state index contributed by atoms with van der Waals surface area (Å²) in [5, 5.41) is 6.95. The number of ether oxygens (including phenoxy) is 2. The van der Waals surface area contributed by atoms with Gasteiger partial charge in [0.15, 0.2) is 5.96 Å². The van der Waals surface area contributed by atoms with Gasteiger partial charge in [0.1, 0.15) is 0 Å². The van der Waals surface area contributed by atoms with Crippen LogP contribution in [0.25, 0.3) is 0 Å². The van der Waals surface area contributed by atoms with Gasteiger partial charge in [-0.3, -0.25) is 4.99 Å². The first-order chi connectivity index (χ1) is 11.8. The first-order valence-corrected chi connectivity index (χ1v) is 9.83. The Morgan fingerprint density at radius 3 is 2.64 bits per heavy atom. The normalized spacial score (nSPS) is 25.6. The molecule has 2 aliphatic heterocycles. The molecule has 1 saturated carbocycles. The van der Waals surface area contributed by atoms with E-state index >= 15 is 0 Å². The van der Waals surface area contributed by atoms with E-state index in [0.717, 1.165) is 31.6 Å². The van der Waals surface area contributed by atoms with Crippen molar-refractivity contribution in [1.82, 2.24) is 15.5 Å². The van der Waals surface area contributed by atoms with Crippen molar-refractivity contribution in [2.75, 3.05) is 46.0 Å². The summed E-state index contributed by atoms with van der Waals surface area (Å²) < 4.78 is 11.2. The van der Waals surface area contributed by atoms with Crippen LogP contribution in [0.3, 0.4) is 0 Å². The number of halogens is 1. The molecule has 3 aliphatic rings. The molecule has 0 aromatic carbocycles. The topological polar surface area (TPSA) is 58.1 Å². The van der Waals surface area contributed by atoms with Crippen LogP contribution < -0.4 is 10.6 Å². The van der Waals surface area contributed by atoms with Crippen molar-refractivity contribution in [2.24, 2.45) is 4.99 Å². The molecule has 2 saturated heterocycles. The highest BCUT2D eigenvalue weighted by molar-refractivity contribution is 14.0. The second kappa shape index (κ2) is 11.6. The fraction of sp³-hybridized carbons (Fsp3) is 0.944. The highest BCUT2D eigenvalue weighted by atomic mass is 127. The van der Waals surface area contributed by atoms with E-state index in [4.69, 9.17) is 9.47 Å². The van der Waals surface area contributed by atoms with Crippen LogP contribution in [-0.4, -0.2) is 75.0 Å². The lowest BCUT2D eigenvalue weighted by atomic mass is 10.1. The monoisotopic (exact) mass is 466 g/mol. The van der Waals surface area contributed by atoms with E-state index in [1.807, 2.05) is 0 Å². The lowest BCUT2D eigenvalue weighted by Crippen LogP contribution is -2.49. The minimum absolute atomic E-state index is 0. The van der Waals surface area contributed by atoms with Crippen LogP contribution in [0.5, 0.6) is 0 Å². The molecule has 3 fully saturated rings. The maximum absolute atomic E-state index is 5.69. The van der Waals surface area contributed by atoms with Gasteiger partial charge in [0.25, 0.3) is 0 Å². The van der Waals surface area contributed by atoms with E-state index < -0.39 is 0 Å². The van der Waals surface area contributed by atoms with Crippen LogP contribution in [0.2, 0.25) is 0 Å². The summed E-state index contributed by atoms with van der Waals surface area (Å²) in [5.74, 6) is 0.933. The number of likely N-dealkylation sites (tertiary alicyclic amines) is 1. The molecule has 0 radical (unpaired) electrons. The Kier molecular flexibility index (Phi) is 9.80. The maximum Gasteiger partial charge on any atom is 0.191 e. The predicted octanol–water partition coefficient (Wildman–Crippen LogP) is 1.98. The maximum atomic E-state index is 5.69. The molecule has 3 rings (SSSR count). The first kappa shape index (κ1) is 21.2. The number of hydrogen-bond acceptors (Lipinski definition) is 4. The Morgan fingerprint density at radius 2 is 2.00 bits per heavy atom. The van der Waals surface area contributed by atoms with Gasteiger partial charge in [0, 0.05) is 38.3 Å². The average Bonchev–Trinajstić information content (AvgIpc) is 3.32. The third kappa shape index (κ3) is 7.56. The summed E-state index contributed by atoms with van der Waals surface area (Å²) in [6.45, 7) is 8.42. The van der Waals surface area contributed by atoms with Crippen LogP contribution in [-0.2, 0) is 9.47 Å². The van der Waals surface area contributed by atoms with Gasteiger partial charge in [-0.2, -0.15) is 0 Å². The van der Waals surface area contributed by atoms with Gasteiger partial charge in [-0.15, -0.1) is 24.0 Å². The quantitative estimate of drug-likeness (QED) is 0.248. The molecule has 1 aliphatic carbocycles. The molecular weight excluding hydrogens is 431 g/mol. The molecule has 1 unspecified atom stereocenters. The molecule has 2 heterocycles. The number of piperidine rings is 1. The zero-order valence-corrected chi connectivity index (χ0v) is 17.9. The van der Waals surface area contributed by atoms with E-state index in [2.05, 4.69) is 27.4 Å². The molecule has 7 heteroatoms. The van der Waals surface area contributed by atoms with Crippen molar-refractivity contribution in [2.45, 2.75) is 63.6 Å². The molecule has 0 amide bonds. The van der Waals surface area contributed by atoms with Gasteiger partial charge in [-0.05, 0) is 45.4 Å². The van der Waals surface area contributed by atoms with Crippen LogP contribution in [0.15, 0.2) is 4.99 Å². The average molecular weight is 466 g/mol. The number of nitrogens with zero attached hydrogens (tertiary/aromatic N) is 2. The van der Waals surface area contributed by atoms with Gasteiger partial charge in [-0.1, -0.05) is 0 Å². The SMILES string of the molecule is CCNC(=NCCOCC1CCCO1)NC1CCN(C2CC2)CC1.I. The van der Waals surface area contributed by atoms with E-state index in [0.29, 0.717) is 31.9 Å². The smallest absolute Gasteiger partial charge is 0.191 e. The van der Waals surface area contributed by atoms with Crippen molar-refractivity contribution >= 4 is 29.9 Å². The second-order valence-corrected chi connectivity index (χ2v) is 7.16. The molecule has 6 nitrogen and oxygen atoms in total. The molecule has 0 aromatic rings. The fourth-order valence-electron chi connectivity index (χ4n) is 3.57. The predicted molar refractivity (Wildman–Crippen MR) is 112 cm³/mol. The molecule has 146 valence electrons. The van der Waals surface area contributed by atoms with Gasteiger partial charge < -0.3 is 25.0 Å². The van der Waals surface area contributed by atoms with Gasteiger partial charge in [-0.25, -0.2) is 0 Å². The zero-order chi connectivity index (χ0) is 16.6. The standard InChI is InChI=1S/C18H34N4O2.HI/c1-2-19-18(20-9-13-23-14-17-4-3-12-24-17)21-15-7-10-22(11-8-15)16-5-6-16;/h15-17H,2-14H2,1H3,(H2,19,20,21);1H. The summed E-state index contributed by atoms with van der Waals surface area (Å²) in [6.07, 6.45) is 7.86. The summed E-state index contributed by atoms with van der Waals surface area (Å²) in [6, 6.07) is 1.44. The van der Waals surface area contributed by atoms with E-state index in [-0.39, 0.29) is 24.0 Å². The van der Waals surface area contributed by atoms with Gasteiger partial charge >= 0.3 is 0 Å². The highest BCUT2D eigenvalue weighted by Gasteiger charge is 2.31. The number of rotatable bonds is 8. The molecule has 0 bridgehead atoms. The lowest BCUT2D eigenvalue weighted by molar-refractivity contribution is 0.0200. The zero-order valence-electron chi connectivity index (χ0n) is 15.5. The van der Waals surface area contributed by atoms with Crippen molar-refractivity contribution in [1.29, 1.82) is 0 Å². The largest absolute Gasteiger partial charge is 0.377 e. The van der Waals surface area contributed by atoms with Crippen molar-refractivity contribution < 1.29 is 9.47 Å². The Hall–Kier alpha value is -0.120. The van der Waals surface area contributed by atoms with E-state index in [1.165, 1.54) is 45.2 Å². The number of aliphatic imine (C=N–C) groups is 1. The molecular formula is C18H35IN4O2. The number of guanidine groups is 1. The Labute approximate surface area is 169 Å². The minimum Gasteiger partial charge on any atom is -0.377 e. The van der Waals surface area contributed by atoms with Crippen LogP contribution >= 0.6 is 24.0 Å². The Balaban J connectivity index is 0.00000225. The molecule has 1 atom stereocenters. The summed E-state index contributed by atoms with van der Waals surface area (Å²) >= 11 is 0. The fourth-order valence-corrected chi connectivity index (χ4v) is 3.57. The third-order valence-corrected chi connectivity index (χ3v) is 5.11. The summed E-state index contributed by atoms with van der Waals surface area (Å²) in [7, 11) is 0. The lowest BCUT2D eigenvalue weighted by Gasteiger charge is -2.33. The van der Waals surface area contributed by atoms with Gasteiger partial charge in [0.2, 0.25) is 0 Å². The minimum atomic E-state index is 0. The summed E-state index contributed by atoms with van der Waals surface area (Å²) in [4.78, 5) is 7.31. The van der Waals surface area contributed by atoms with Crippen LogP contribution in [0.4, 0.5) is 0 Å². The Bertz CT molecular complexity index is 393. The summed E-state index contributed by atoms with van der Waals surface area (Å²) in [5.41, 5.74) is 0. The molecule has 0 aromatic heterocycles. The molecule has 25 heavy (non-hydrogen) atoms. The van der Waals surface area contributed by atoms with Crippen LogP contribution in [0.1, 0.15) is 45.4 Å². The van der Waals surface area contributed by atoms with E-state index in [9.17, 15) is 0 Å². The van der Waals surface area contributed by atoms with Crippen molar-refractivity contribution in [3.63, 3.8) is 0 Å². The Morgan fingerprint density at radius 1 is 1.20 bits per heavy atom. The van der Waals surface area contributed by atoms with E-state index in [1.54, 1.807) is 0 Å². The number of hydrogen-bond donors (Lipinski definition) is 2. The molecule has 2 N–H and O–H groups in total. The van der Waals surface area contributed by atoms with Crippen molar-refractivity contribution in [3.8, 4) is 0 Å².